The number of carbonyl (C=O) groups excluding carboxylic acids is 3. The molecule has 46 heavy (non-hydrogen) atoms. The third-order valence-electron chi connectivity index (χ3n) is 6.85. The van der Waals surface area contributed by atoms with Crippen molar-refractivity contribution in [2.45, 2.75) is 37.3 Å². The fourth-order valence-electron chi connectivity index (χ4n) is 4.50. The van der Waals surface area contributed by atoms with E-state index in [1.165, 1.54) is 23.1 Å². The van der Waals surface area contributed by atoms with Crippen molar-refractivity contribution < 1.29 is 19.1 Å². The zero-order valence-corrected chi connectivity index (χ0v) is 27.3. The molecule has 4 aromatic carbocycles. The van der Waals surface area contributed by atoms with E-state index >= 15 is 0 Å². The summed E-state index contributed by atoms with van der Waals surface area (Å²) in [6.07, 6.45) is 2.23. The lowest BCUT2D eigenvalue weighted by molar-refractivity contribution is -0.116. The molecule has 1 aromatic heterocycles. The van der Waals surface area contributed by atoms with E-state index in [0.717, 1.165) is 32.0 Å². The predicted octanol–water partition coefficient (Wildman–Crippen LogP) is 7.92. The molecule has 1 atom stereocenters. The van der Waals surface area contributed by atoms with Gasteiger partial charge in [0.05, 0.1) is 22.1 Å². The van der Waals surface area contributed by atoms with Crippen LogP contribution in [0.1, 0.15) is 41.8 Å². The van der Waals surface area contributed by atoms with Crippen molar-refractivity contribution in [1.82, 2.24) is 10.3 Å². The molecule has 0 saturated heterocycles. The van der Waals surface area contributed by atoms with Gasteiger partial charge in [-0.3, -0.25) is 14.4 Å². The SMILES string of the molecule is CCOc1ccc2nc(NC(=O)C(CC)Sc3cccc(NC(=O)/C(=C/c4ccc(C)cc4)NC(=O)c4ccccc4)c3)sc2c1. The van der Waals surface area contributed by atoms with Crippen LogP contribution < -0.4 is 20.7 Å². The number of thioether (sulfide) groups is 1. The Morgan fingerprint density at radius 3 is 2.43 bits per heavy atom. The summed E-state index contributed by atoms with van der Waals surface area (Å²) in [7, 11) is 0. The molecule has 10 heteroatoms. The van der Waals surface area contributed by atoms with E-state index in [4.69, 9.17) is 4.74 Å². The first-order valence-electron chi connectivity index (χ1n) is 14.9. The second-order valence-corrected chi connectivity index (χ2v) is 12.7. The summed E-state index contributed by atoms with van der Waals surface area (Å²) in [4.78, 5) is 45.1. The van der Waals surface area contributed by atoms with Crippen LogP contribution in [0.25, 0.3) is 16.3 Å². The maximum atomic E-state index is 13.5. The Labute approximate surface area is 276 Å². The fourth-order valence-corrected chi connectivity index (χ4v) is 6.42. The topological polar surface area (TPSA) is 109 Å². The van der Waals surface area contributed by atoms with Crippen molar-refractivity contribution in [2.24, 2.45) is 0 Å². The molecule has 5 rings (SSSR count). The molecule has 0 aliphatic carbocycles. The minimum atomic E-state index is -0.472. The van der Waals surface area contributed by atoms with Crippen molar-refractivity contribution in [1.29, 1.82) is 0 Å². The summed E-state index contributed by atoms with van der Waals surface area (Å²) >= 11 is 2.80. The number of ether oxygens (including phenoxy) is 1. The maximum absolute atomic E-state index is 13.5. The Morgan fingerprint density at radius 2 is 1.70 bits per heavy atom. The first kappa shape index (κ1) is 32.5. The van der Waals surface area contributed by atoms with Crippen LogP contribution in [0.4, 0.5) is 10.8 Å². The van der Waals surface area contributed by atoms with E-state index in [1.807, 2.05) is 87.5 Å². The lowest BCUT2D eigenvalue weighted by Gasteiger charge is -2.15. The van der Waals surface area contributed by atoms with Gasteiger partial charge in [0.15, 0.2) is 5.13 Å². The van der Waals surface area contributed by atoms with Crippen molar-refractivity contribution in [3.63, 3.8) is 0 Å². The standard InChI is InChI=1S/C36H34N4O4S2/c1-4-31(35(43)40-36-39-29-19-18-27(44-5-2)22-32(29)46-36)45-28-13-9-12-26(21-28)37-34(42)30(20-24-16-14-23(3)15-17-24)38-33(41)25-10-7-6-8-11-25/h6-22,31H,4-5H2,1-3H3,(H,37,42)(H,38,41)(H,39,40,43)/b30-20-. The van der Waals surface area contributed by atoms with Crippen LogP contribution in [-0.2, 0) is 9.59 Å². The molecule has 3 N–H and O–H groups in total. The Balaban J connectivity index is 1.28. The number of fused-ring (bicyclic) bond motifs is 1. The van der Waals surface area contributed by atoms with Crippen LogP contribution in [-0.4, -0.2) is 34.6 Å². The Kier molecular flexibility index (Phi) is 10.9. The summed E-state index contributed by atoms with van der Waals surface area (Å²) in [6.45, 7) is 6.44. The smallest absolute Gasteiger partial charge is 0.272 e. The normalized spacial score (nSPS) is 11.9. The molecular formula is C36H34N4O4S2. The minimum Gasteiger partial charge on any atom is -0.494 e. The summed E-state index contributed by atoms with van der Waals surface area (Å²) in [5, 5.41) is 8.78. The van der Waals surface area contributed by atoms with Gasteiger partial charge >= 0.3 is 0 Å². The molecule has 0 bridgehead atoms. The van der Waals surface area contributed by atoms with Crippen LogP contribution in [0.3, 0.4) is 0 Å². The molecule has 1 heterocycles. The third-order valence-corrected chi connectivity index (χ3v) is 9.14. The zero-order chi connectivity index (χ0) is 32.5. The van der Waals surface area contributed by atoms with E-state index in [1.54, 1.807) is 36.4 Å². The Hall–Kier alpha value is -4.93. The molecule has 3 amide bonds. The number of nitrogens with one attached hydrogen (secondary N) is 3. The number of rotatable bonds is 12. The van der Waals surface area contributed by atoms with Gasteiger partial charge in [-0.15, -0.1) is 11.8 Å². The number of hydrogen-bond acceptors (Lipinski definition) is 7. The molecule has 0 radical (unpaired) electrons. The van der Waals surface area contributed by atoms with Gasteiger partial charge in [0, 0.05) is 16.1 Å². The average Bonchev–Trinajstić information content (AvgIpc) is 3.46. The van der Waals surface area contributed by atoms with E-state index in [0.29, 0.717) is 29.4 Å². The first-order chi connectivity index (χ1) is 22.3. The minimum absolute atomic E-state index is 0.103. The van der Waals surface area contributed by atoms with Gasteiger partial charge in [-0.25, -0.2) is 4.98 Å². The summed E-state index contributed by atoms with van der Waals surface area (Å²) in [5.41, 5.74) is 3.72. The molecule has 8 nitrogen and oxygen atoms in total. The number of aromatic nitrogens is 1. The highest BCUT2D eigenvalue weighted by molar-refractivity contribution is 8.00. The highest BCUT2D eigenvalue weighted by Gasteiger charge is 2.21. The van der Waals surface area contributed by atoms with Crippen LogP contribution in [0, 0.1) is 6.92 Å². The van der Waals surface area contributed by atoms with Crippen LogP contribution in [0.5, 0.6) is 5.75 Å². The molecule has 0 fully saturated rings. The molecule has 0 aliphatic heterocycles. The van der Waals surface area contributed by atoms with E-state index in [9.17, 15) is 14.4 Å². The number of hydrogen-bond donors (Lipinski definition) is 3. The predicted molar refractivity (Wildman–Crippen MR) is 187 cm³/mol. The van der Waals surface area contributed by atoms with Crippen molar-refractivity contribution in [3.05, 3.63) is 119 Å². The third kappa shape index (κ3) is 8.62. The average molecular weight is 651 g/mol. The molecular weight excluding hydrogens is 617 g/mol. The number of aryl methyl sites for hydroxylation is 1. The maximum Gasteiger partial charge on any atom is 0.272 e. The molecule has 0 aliphatic rings. The number of amides is 3. The van der Waals surface area contributed by atoms with Gasteiger partial charge in [-0.1, -0.05) is 72.4 Å². The van der Waals surface area contributed by atoms with Crippen molar-refractivity contribution in [3.8, 4) is 5.75 Å². The van der Waals surface area contributed by atoms with Gasteiger partial charge in [-0.2, -0.15) is 0 Å². The summed E-state index contributed by atoms with van der Waals surface area (Å²) in [5.74, 6) is -0.252. The molecule has 0 saturated carbocycles. The highest BCUT2D eigenvalue weighted by atomic mass is 32.2. The lowest BCUT2D eigenvalue weighted by Crippen LogP contribution is -2.30. The van der Waals surface area contributed by atoms with Crippen LogP contribution in [0.2, 0.25) is 0 Å². The molecule has 5 aromatic rings. The van der Waals surface area contributed by atoms with Gasteiger partial charge in [0.2, 0.25) is 5.91 Å². The lowest BCUT2D eigenvalue weighted by atomic mass is 10.1. The van der Waals surface area contributed by atoms with Crippen LogP contribution in [0.15, 0.2) is 108 Å². The van der Waals surface area contributed by atoms with Crippen molar-refractivity contribution >= 4 is 67.9 Å². The summed E-state index contributed by atoms with van der Waals surface area (Å²) < 4.78 is 6.51. The van der Waals surface area contributed by atoms with Crippen molar-refractivity contribution in [2.75, 3.05) is 17.2 Å². The number of benzene rings is 4. The van der Waals surface area contributed by atoms with Crippen LogP contribution >= 0.6 is 23.1 Å². The highest BCUT2D eigenvalue weighted by Crippen LogP contribution is 2.32. The molecule has 0 spiro atoms. The number of carbonyl (C=O) groups is 3. The zero-order valence-electron chi connectivity index (χ0n) is 25.7. The van der Waals surface area contributed by atoms with E-state index in [2.05, 4.69) is 20.9 Å². The monoisotopic (exact) mass is 650 g/mol. The second-order valence-electron chi connectivity index (χ2n) is 10.4. The van der Waals surface area contributed by atoms with E-state index < -0.39 is 11.8 Å². The number of anilines is 2. The van der Waals surface area contributed by atoms with Gasteiger partial charge in [-0.05, 0) is 80.4 Å². The largest absolute Gasteiger partial charge is 0.494 e. The van der Waals surface area contributed by atoms with E-state index in [-0.39, 0.29) is 16.9 Å². The quantitative estimate of drug-likeness (QED) is 0.0935. The number of thiazole rings is 1. The first-order valence-corrected chi connectivity index (χ1v) is 16.6. The molecule has 1 unspecified atom stereocenters. The summed E-state index contributed by atoms with van der Waals surface area (Å²) in [6, 6.07) is 29.3. The van der Waals surface area contributed by atoms with Gasteiger partial charge in [0.25, 0.3) is 11.8 Å². The van der Waals surface area contributed by atoms with Gasteiger partial charge < -0.3 is 20.7 Å². The Bertz CT molecular complexity index is 1870. The molecule has 234 valence electrons. The Morgan fingerprint density at radius 1 is 0.913 bits per heavy atom. The number of nitrogens with zero attached hydrogens (tertiary/aromatic N) is 1. The fraction of sp³-hybridized carbons (Fsp3) is 0.167. The second kappa shape index (κ2) is 15.4. The van der Waals surface area contributed by atoms with Gasteiger partial charge in [0.1, 0.15) is 11.4 Å².